The van der Waals surface area contributed by atoms with Crippen molar-refractivity contribution in [2.24, 2.45) is 0 Å². The maximum Gasteiger partial charge on any atom is 0.416 e. The lowest BCUT2D eigenvalue weighted by Gasteiger charge is -2.13. The number of halogens is 5. The molecule has 2 N–H and O–H groups in total. The number of thioether (sulfide) groups is 1. The normalized spacial score (nSPS) is 11.3. The van der Waals surface area contributed by atoms with Crippen molar-refractivity contribution in [1.29, 1.82) is 0 Å². The van der Waals surface area contributed by atoms with E-state index in [0.29, 0.717) is 16.4 Å². The summed E-state index contributed by atoms with van der Waals surface area (Å²) in [5.74, 6) is 2.78. The van der Waals surface area contributed by atoms with Crippen molar-refractivity contribution in [3.63, 3.8) is 0 Å². The summed E-state index contributed by atoms with van der Waals surface area (Å²) in [7, 11) is 0. The third-order valence-corrected chi connectivity index (χ3v) is 3.97. The second-order valence-corrected chi connectivity index (χ2v) is 5.67. The highest BCUT2D eigenvalue weighted by atomic mass is 35.5. The molecule has 0 fully saturated rings. The lowest BCUT2D eigenvalue weighted by Crippen LogP contribution is -2.06. The van der Waals surface area contributed by atoms with E-state index in [2.05, 4.69) is 21.4 Å². The van der Waals surface area contributed by atoms with Crippen LogP contribution < -0.4 is 5.32 Å². The lowest BCUT2D eigenvalue weighted by atomic mass is 10.2. The fourth-order valence-electron chi connectivity index (χ4n) is 1.68. The standard InChI is InChI=1S/C13H8Cl2F3N3S/c1-3-7-11(20-21-12(7)22-2)19-10-8(14)4-6(5-9(10)15)13(16,17)18/h1,4-5H,2H3,(H2,19,20,21). The van der Waals surface area contributed by atoms with Gasteiger partial charge in [0.05, 0.1) is 21.3 Å². The molecule has 0 amide bonds. The number of aromatic nitrogens is 2. The van der Waals surface area contributed by atoms with Gasteiger partial charge < -0.3 is 5.32 Å². The van der Waals surface area contributed by atoms with Crippen molar-refractivity contribution in [3.05, 3.63) is 33.3 Å². The molecule has 0 spiro atoms. The van der Waals surface area contributed by atoms with E-state index in [1.165, 1.54) is 11.8 Å². The van der Waals surface area contributed by atoms with Gasteiger partial charge in [0.2, 0.25) is 0 Å². The average Bonchev–Trinajstić information content (AvgIpc) is 2.83. The molecular formula is C13H8Cl2F3N3S. The van der Waals surface area contributed by atoms with Gasteiger partial charge in [0.25, 0.3) is 0 Å². The van der Waals surface area contributed by atoms with E-state index in [4.69, 9.17) is 29.6 Å². The molecule has 0 bridgehead atoms. The molecule has 116 valence electrons. The second kappa shape index (κ2) is 6.32. The Kier molecular flexibility index (Phi) is 4.85. The third kappa shape index (κ3) is 3.29. The van der Waals surface area contributed by atoms with Crippen molar-refractivity contribution in [2.45, 2.75) is 11.2 Å². The van der Waals surface area contributed by atoms with Gasteiger partial charge in [-0.15, -0.1) is 18.2 Å². The first-order valence-corrected chi connectivity index (χ1v) is 7.68. The number of rotatable bonds is 3. The fourth-order valence-corrected chi connectivity index (χ4v) is 2.76. The number of benzene rings is 1. The Bertz CT molecular complexity index is 727. The van der Waals surface area contributed by atoms with Crippen LogP contribution in [0.4, 0.5) is 24.7 Å². The van der Waals surface area contributed by atoms with E-state index in [0.717, 1.165) is 12.1 Å². The smallest absolute Gasteiger partial charge is 0.337 e. The first-order valence-electron chi connectivity index (χ1n) is 5.70. The van der Waals surface area contributed by atoms with Crippen molar-refractivity contribution in [1.82, 2.24) is 10.2 Å². The van der Waals surface area contributed by atoms with E-state index in [1.807, 2.05) is 0 Å². The maximum atomic E-state index is 12.7. The van der Waals surface area contributed by atoms with Gasteiger partial charge in [0.15, 0.2) is 0 Å². The van der Waals surface area contributed by atoms with Gasteiger partial charge in [0, 0.05) is 0 Å². The second-order valence-electron chi connectivity index (χ2n) is 4.06. The molecule has 2 rings (SSSR count). The van der Waals surface area contributed by atoms with Crippen molar-refractivity contribution in [2.75, 3.05) is 11.6 Å². The predicted molar refractivity (Wildman–Crippen MR) is 83.1 cm³/mol. The zero-order valence-corrected chi connectivity index (χ0v) is 13.3. The van der Waals surface area contributed by atoms with Crippen LogP contribution in [0.5, 0.6) is 0 Å². The Labute approximate surface area is 138 Å². The summed E-state index contributed by atoms with van der Waals surface area (Å²) in [5.41, 5.74) is -0.372. The number of anilines is 2. The highest BCUT2D eigenvalue weighted by Gasteiger charge is 2.32. The number of nitrogens with zero attached hydrogens (tertiary/aromatic N) is 1. The molecule has 0 radical (unpaired) electrons. The van der Waals surface area contributed by atoms with Crippen LogP contribution in [-0.2, 0) is 6.18 Å². The van der Waals surface area contributed by atoms with E-state index in [-0.39, 0.29) is 15.7 Å². The van der Waals surface area contributed by atoms with Crippen molar-refractivity contribution in [3.8, 4) is 12.3 Å². The highest BCUT2D eigenvalue weighted by molar-refractivity contribution is 7.98. The summed E-state index contributed by atoms with van der Waals surface area (Å²) >= 11 is 13.1. The number of aromatic amines is 1. The van der Waals surface area contributed by atoms with Crippen LogP contribution in [0.15, 0.2) is 17.2 Å². The summed E-state index contributed by atoms with van der Waals surface area (Å²) in [6.45, 7) is 0. The van der Waals surface area contributed by atoms with Crippen LogP contribution in [0, 0.1) is 12.3 Å². The van der Waals surface area contributed by atoms with E-state index in [1.54, 1.807) is 6.26 Å². The molecule has 0 aliphatic heterocycles. The summed E-state index contributed by atoms with van der Waals surface area (Å²) in [5, 5.41) is 9.65. The van der Waals surface area contributed by atoms with Gasteiger partial charge in [-0.25, -0.2) is 0 Å². The minimum atomic E-state index is -4.53. The van der Waals surface area contributed by atoms with Gasteiger partial charge in [-0.1, -0.05) is 29.1 Å². The Morgan fingerprint density at radius 2 is 1.91 bits per heavy atom. The molecule has 0 aliphatic carbocycles. The Morgan fingerprint density at radius 3 is 2.36 bits per heavy atom. The maximum absolute atomic E-state index is 12.7. The predicted octanol–water partition coefficient (Wildman–Crippen LogP) is 5.18. The molecule has 0 aliphatic rings. The molecule has 22 heavy (non-hydrogen) atoms. The topological polar surface area (TPSA) is 40.7 Å². The first kappa shape index (κ1) is 16.9. The van der Waals surface area contributed by atoms with Gasteiger partial charge >= 0.3 is 6.18 Å². The number of nitrogens with one attached hydrogen (secondary N) is 2. The minimum absolute atomic E-state index is 0.115. The molecule has 1 aromatic carbocycles. The van der Waals surface area contributed by atoms with Gasteiger partial charge in [-0.3, -0.25) is 5.10 Å². The molecular weight excluding hydrogens is 358 g/mol. The third-order valence-electron chi connectivity index (χ3n) is 2.69. The number of hydrogen-bond donors (Lipinski definition) is 2. The van der Waals surface area contributed by atoms with Gasteiger partial charge in [0.1, 0.15) is 16.4 Å². The largest absolute Gasteiger partial charge is 0.416 e. The minimum Gasteiger partial charge on any atom is -0.337 e. The average molecular weight is 366 g/mol. The van der Waals surface area contributed by atoms with E-state index < -0.39 is 11.7 Å². The van der Waals surface area contributed by atoms with Crippen LogP contribution in [0.25, 0.3) is 0 Å². The fraction of sp³-hybridized carbons (Fsp3) is 0.154. The Hall–Kier alpha value is -1.49. The molecule has 0 atom stereocenters. The summed E-state index contributed by atoms with van der Waals surface area (Å²) in [6.07, 6.45) is 2.66. The Balaban J connectivity index is 2.43. The molecule has 3 nitrogen and oxygen atoms in total. The summed E-state index contributed by atoms with van der Waals surface area (Å²) < 4.78 is 38.1. The number of terminal acetylenes is 1. The van der Waals surface area contributed by atoms with Crippen molar-refractivity contribution >= 4 is 46.5 Å². The van der Waals surface area contributed by atoms with Crippen LogP contribution in [-0.4, -0.2) is 16.5 Å². The SMILES string of the molecule is C#Cc1c(SC)n[nH]c1Nc1c(Cl)cc(C(F)(F)F)cc1Cl. The first-order chi connectivity index (χ1) is 10.3. The molecule has 0 unspecified atom stereocenters. The van der Waals surface area contributed by atoms with Crippen LogP contribution in [0.2, 0.25) is 10.0 Å². The van der Waals surface area contributed by atoms with Gasteiger partial charge in [-0.05, 0) is 18.4 Å². The van der Waals surface area contributed by atoms with Crippen molar-refractivity contribution < 1.29 is 13.2 Å². The van der Waals surface area contributed by atoms with Crippen LogP contribution in [0.3, 0.4) is 0 Å². The van der Waals surface area contributed by atoms with E-state index >= 15 is 0 Å². The Morgan fingerprint density at radius 1 is 1.32 bits per heavy atom. The number of H-pyrrole nitrogens is 1. The summed E-state index contributed by atoms with van der Waals surface area (Å²) in [6, 6.07) is 1.58. The quantitative estimate of drug-likeness (QED) is 0.581. The van der Waals surface area contributed by atoms with E-state index in [9.17, 15) is 13.2 Å². The lowest BCUT2D eigenvalue weighted by molar-refractivity contribution is -0.137. The highest BCUT2D eigenvalue weighted by Crippen LogP contribution is 2.40. The molecule has 1 heterocycles. The summed E-state index contributed by atoms with van der Waals surface area (Å²) in [4.78, 5) is 0. The van der Waals surface area contributed by atoms with Crippen LogP contribution >= 0.6 is 35.0 Å². The molecule has 0 saturated heterocycles. The van der Waals surface area contributed by atoms with Gasteiger partial charge in [-0.2, -0.15) is 18.3 Å². The molecule has 9 heteroatoms. The molecule has 1 aromatic heterocycles. The zero-order chi connectivity index (χ0) is 16.5. The van der Waals surface area contributed by atoms with Crippen LogP contribution in [0.1, 0.15) is 11.1 Å². The molecule has 2 aromatic rings. The zero-order valence-electron chi connectivity index (χ0n) is 11.0. The monoisotopic (exact) mass is 365 g/mol. The number of hydrogen-bond acceptors (Lipinski definition) is 3. The number of alkyl halides is 3. The molecule has 0 saturated carbocycles.